The Morgan fingerprint density at radius 3 is 2.36 bits per heavy atom. The van der Waals surface area contributed by atoms with E-state index in [4.69, 9.17) is 18.9 Å². The molecule has 28 heavy (non-hydrogen) atoms. The number of hydrogen-bond donors (Lipinski definition) is 6. The molecular weight excluding hydrogens is 376 g/mol. The minimum absolute atomic E-state index is 0.0982. The van der Waals surface area contributed by atoms with Crippen LogP contribution in [0.1, 0.15) is 5.56 Å². The van der Waals surface area contributed by atoms with E-state index in [0.717, 1.165) is 5.56 Å². The molecular formula is C18H26O10. The van der Waals surface area contributed by atoms with Crippen molar-refractivity contribution in [2.75, 3.05) is 19.8 Å². The Bertz CT molecular complexity index is 616. The van der Waals surface area contributed by atoms with Crippen LogP contribution < -0.4 is 0 Å². The van der Waals surface area contributed by atoms with Crippen molar-refractivity contribution in [3.63, 3.8) is 0 Å². The van der Waals surface area contributed by atoms with Crippen LogP contribution in [0, 0.1) is 0 Å². The van der Waals surface area contributed by atoms with Gasteiger partial charge >= 0.3 is 0 Å². The number of aliphatic hydroxyl groups excluding tert-OH is 5. The van der Waals surface area contributed by atoms with Gasteiger partial charge in [-0.05, 0) is 5.56 Å². The summed E-state index contributed by atoms with van der Waals surface area (Å²) in [6.07, 6.45) is -9.56. The lowest BCUT2D eigenvalue weighted by Gasteiger charge is -2.42. The van der Waals surface area contributed by atoms with E-state index in [2.05, 4.69) is 0 Å². The van der Waals surface area contributed by atoms with E-state index in [1.54, 1.807) is 0 Å². The Kier molecular flexibility index (Phi) is 6.99. The van der Waals surface area contributed by atoms with Gasteiger partial charge in [-0.25, -0.2) is 0 Å². The Balaban J connectivity index is 1.72. The largest absolute Gasteiger partial charge is 0.394 e. The van der Waals surface area contributed by atoms with Crippen molar-refractivity contribution in [3.05, 3.63) is 35.9 Å². The second-order valence-corrected chi connectivity index (χ2v) is 6.99. The molecule has 1 aromatic rings. The molecule has 0 saturated carbocycles. The second-order valence-electron chi connectivity index (χ2n) is 6.99. The Labute approximate surface area is 161 Å². The normalized spacial score (nSPS) is 41.3. The summed E-state index contributed by atoms with van der Waals surface area (Å²) < 4.78 is 21.9. The third kappa shape index (κ3) is 4.36. The van der Waals surface area contributed by atoms with Crippen LogP contribution in [0.2, 0.25) is 0 Å². The van der Waals surface area contributed by atoms with Crippen LogP contribution >= 0.6 is 0 Å². The SMILES string of the molecule is OC[C@H]1O[C@H](OCc2ccccc2)[C@H](O[C@@H]2OC[C@](O)(CO)[C@H]2O)[C@@H](O)[C@@H]1O. The lowest BCUT2D eigenvalue weighted by molar-refractivity contribution is -0.338. The molecule has 0 aliphatic carbocycles. The van der Waals surface area contributed by atoms with Crippen LogP contribution in [0.15, 0.2) is 30.3 Å². The van der Waals surface area contributed by atoms with Crippen molar-refractivity contribution in [3.8, 4) is 0 Å². The number of ether oxygens (including phenoxy) is 4. The highest BCUT2D eigenvalue weighted by molar-refractivity contribution is 5.13. The van der Waals surface area contributed by atoms with E-state index >= 15 is 0 Å². The molecule has 6 N–H and O–H groups in total. The van der Waals surface area contributed by atoms with Crippen LogP contribution in [0.5, 0.6) is 0 Å². The van der Waals surface area contributed by atoms with Crippen molar-refractivity contribution < 1.29 is 49.6 Å². The maximum Gasteiger partial charge on any atom is 0.187 e. The number of hydrogen-bond acceptors (Lipinski definition) is 10. The van der Waals surface area contributed by atoms with Gasteiger partial charge in [-0.15, -0.1) is 0 Å². The van der Waals surface area contributed by atoms with Crippen LogP contribution in [-0.4, -0.2) is 99.2 Å². The van der Waals surface area contributed by atoms with Gasteiger partial charge in [0.25, 0.3) is 0 Å². The van der Waals surface area contributed by atoms with E-state index < -0.39 is 61.9 Å². The number of benzene rings is 1. The van der Waals surface area contributed by atoms with E-state index in [1.165, 1.54) is 0 Å². The molecule has 2 heterocycles. The van der Waals surface area contributed by atoms with Gasteiger partial charge in [0.15, 0.2) is 12.6 Å². The first-order valence-corrected chi connectivity index (χ1v) is 8.96. The minimum Gasteiger partial charge on any atom is -0.394 e. The van der Waals surface area contributed by atoms with Crippen LogP contribution in [-0.2, 0) is 25.6 Å². The number of aliphatic hydroxyl groups is 6. The fraction of sp³-hybridized carbons (Fsp3) is 0.667. The Hall–Kier alpha value is -1.18. The highest BCUT2D eigenvalue weighted by atomic mass is 16.8. The molecule has 2 saturated heterocycles. The summed E-state index contributed by atoms with van der Waals surface area (Å²) in [7, 11) is 0. The predicted octanol–water partition coefficient (Wildman–Crippen LogP) is -2.53. The molecule has 2 aliphatic heterocycles. The third-order valence-electron chi connectivity index (χ3n) is 4.95. The lowest BCUT2D eigenvalue weighted by atomic mass is 9.98. The molecule has 1 aromatic carbocycles. The average molecular weight is 402 g/mol. The summed E-state index contributed by atoms with van der Waals surface area (Å²) >= 11 is 0. The van der Waals surface area contributed by atoms with Crippen molar-refractivity contribution in [1.29, 1.82) is 0 Å². The smallest absolute Gasteiger partial charge is 0.187 e. The first kappa shape index (κ1) is 21.5. The summed E-state index contributed by atoms with van der Waals surface area (Å²) in [5.41, 5.74) is -1.09. The van der Waals surface area contributed by atoms with Crippen molar-refractivity contribution >= 4 is 0 Å². The summed E-state index contributed by atoms with van der Waals surface area (Å²) in [4.78, 5) is 0. The molecule has 10 heteroatoms. The van der Waals surface area contributed by atoms with E-state index in [0.29, 0.717) is 0 Å². The summed E-state index contributed by atoms with van der Waals surface area (Å²) in [5.74, 6) is 0. The van der Waals surface area contributed by atoms with E-state index in [-0.39, 0.29) is 13.2 Å². The predicted molar refractivity (Wildman–Crippen MR) is 91.6 cm³/mol. The molecule has 10 nitrogen and oxygen atoms in total. The summed E-state index contributed by atoms with van der Waals surface area (Å²) in [6.45, 7) is -1.58. The first-order valence-electron chi connectivity index (χ1n) is 8.96. The monoisotopic (exact) mass is 402 g/mol. The Morgan fingerprint density at radius 1 is 1.04 bits per heavy atom. The molecule has 0 spiro atoms. The average Bonchev–Trinajstić information content (AvgIpc) is 3.00. The van der Waals surface area contributed by atoms with E-state index in [9.17, 15) is 30.6 Å². The molecule has 0 bridgehead atoms. The second kappa shape index (κ2) is 9.09. The van der Waals surface area contributed by atoms with Crippen molar-refractivity contribution in [2.45, 2.75) is 55.3 Å². The fourth-order valence-electron chi connectivity index (χ4n) is 3.15. The van der Waals surface area contributed by atoms with Gasteiger partial charge in [0.1, 0.15) is 36.1 Å². The van der Waals surface area contributed by atoms with Crippen LogP contribution in [0.25, 0.3) is 0 Å². The van der Waals surface area contributed by atoms with Gasteiger partial charge in [0, 0.05) is 0 Å². The van der Waals surface area contributed by atoms with Crippen LogP contribution in [0.4, 0.5) is 0 Å². The lowest BCUT2D eigenvalue weighted by Crippen LogP contribution is -2.61. The van der Waals surface area contributed by atoms with E-state index in [1.807, 2.05) is 30.3 Å². The highest BCUT2D eigenvalue weighted by Gasteiger charge is 2.53. The van der Waals surface area contributed by atoms with Crippen molar-refractivity contribution in [1.82, 2.24) is 0 Å². The van der Waals surface area contributed by atoms with Gasteiger partial charge in [-0.1, -0.05) is 30.3 Å². The maximum atomic E-state index is 10.4. The first-order chi connectivity index (χ1) is 13.4. The molecule has 0 unspecified atom stereocenters. The zero-order valence-corrected chi connectivity index (χ0v) is 15.1. The summed E-state index contributed by atoms with van der Waals surface area (Å²) in [5, 5.41) is 59.4. The molecule has 0 radical (unpaired) electrons. The van der Waals surface area contributed by atoms with Gasteiger partial charge in [-0.2, -0.15) is 0 Å². The summed E-state index contributed by atoms with van der Waals surface area (Å²) in [6, 6.07) is 9.12. The molecule has 8 atom stereocenters. The maximum absolute atomic E-state index is 10.4. The topological polar surface area (TPSA) is 158 Å². The molecule has 158 valence electrons. The fourth-order valence-corrected chi connectivity index (χ4v) is 3.15. The molecule has 0 amide bonds. The highest BCUT2D eigenvalue weighted by Crippen LogP contribution is 2.31. The molecule has 2 fully saturated rings. The third-order valence-corrected chi connectivity index (χ3v) is 4.95. The van der Waals surface area contributed by atoms with Gasteiger partial charge in [0.05, 0.1) is 26.4 Å². The van der Waals surface area contributed by atoms with Gasteiger partial charge in [-0.3, -0.25) is 0 Å². The van der Waals surface area contributed by atoms with Crippen molar-refractivity contribution in [2.24, 2.45) is 0 Å². The van der Waals surface area contributed by atoms with Crippen LogP contribution in [0.3, 0.4) is 0 Å². The number of rotatable bonds is 7. The van der Waals surface area contributed by atoms with Gasteiger partial charge < -0.3 is 49.6 Å². The molecule has 3 rings (SSSR count). The molecule has 2 aliphatic rings. The standard InChI is InChI=1S/C18H26O10/c19-6-11-12(21)13(22)14(28-17-15(23)18(24,8-20)9-26-17)16(27-11)25-7-10-4-2-1-3-5-10/h1-5,11-17,19-24H,6-9H2/t11-,12-,13+,14-,15+,16+,17+,18-/m1/s1. The van der Waals surface area contributed by atoms with Gasteiger partial charge in [0.2, 0.25) is 0 Å². The Morgan fingerprint density at radius 2 is 1.75 bits per heavy atom. The zero-order valence-electron chi connectivity index (χ0n) is 15.1. The zero-order chi connectivity index (χ0) is 20.3. The molecule has 0 aromatic heterocycles. The minimum atomic E-state index is -1.90. The quantitative estimate of drug-likeness (QED) is 0.287.